The minimum Gasteiger partial charge on any atom is -0.365 e. The summed E-state index contributed by atoms with van der Waals surface area (Å²) in [5.74, 6) is 2.32. The van der Waals surface area contributed by atoms with E-state index in [1.807, 2.05) is 36.4 Å². The van der Waals surface area contributed by atoms with Gasteiger partial charge in [0.05, 0.1) is 11.9 Å². The Balaban J connectivity index is 0.00000131. The molecule has 0 spiro atoms. The molecule has 0 amide bonds. The van der Waals surface area contributed by atoms with Crippen LogP contribution in [0.5, 0.6) is 0 Å². The van der Waals surface area contributed by atoms with E-state index in [1.54, 1.807) is 12.4 Å². The highest BCUT2D eigenvalue weighted by Crippen LogP contribution is 2.25. The predicted octanol–water partition coefficient (Wildman–Crippen LogP) is 5.05. The quantitative estimate of drug-likeness (QED) is 0.472. The Bertz CT molecular complexity index is 991. The molecule has 0 bridgehead atoms. The van der Waals surface area contributed by atoms with E-state index in [0.29, 0.717) is 23.8 Å². The number of hydrogen-bond acceptors (Lipinski definition) is 4. The van der Waals surface area contributed by atoms with Gasteiger partial charge in [-0.2, -0.15) is 0 Å². The maximum atomic E-state index is 6.16. The second kappa shape index (κ2) is 9.55. The highest BCUT2D eigenvalue weighted by Gasteiger charge is 2.10. The number of H-pyrrole nitrogens is 1. The number of imidazole rings is 1. The van der Waals surface area contributed by atoms with E-state index in [2.05, 4.69) is 32.4 Å². The van der Waals surface area contributed by atoms with Crippen LogP contribution in [0.1, 0.15) is 17.2 Å². The van der Waals surface area contributed by atoms with Crippen molar-refractivity contribution in [3.63, 3.8) is 0 Å². The summed E-state index contributed by atoms with van der Waals surface area (Å²) >= 11 is 6.16. The summed E-state index contributed by atoms with van der Waals surface area (Å²) in [5.41, 5.74) is 2.04. The molecule has 0 saturated carbocycles. The number of fused-ring (bicyclic) bond motifs is 1. The number of aromatic amines is 1. The molecule has 0 aliphatic carbocycles. The van der Waals surface area contributed by atoms with Gasteiger partial charge in [-0.3, -0.25) is 0 Å². The number of hydrogen-bond donors (Lipinski definition) is 2. The molecule has 140 valence electrons. The Morgan fingerprint density at radius 3 is 2.56 bits per heavy atom. The van der Waals surface area contributed by atoms with Crippen LogP contribution in [0.4, 0.5) is 5.82 Å². The molecule has 4 rings (SSSR count). The molecule has 5 nitrogen and oxygen atoms in total. The normalized spacial score (nSPS) is 10.1. The van der Waals surface area contributed by atoms with Crippen LogP contribution in [0.2, 0.25) is 5.02 Å². The highest BCUT2D eigenvalue weighted by atomic mass is 35.5. The molecule has 0 aliphatic heterocycles. The van der Waals surface area contributed by atoms with Crippen LogP contribution < -0.4 is 5.32 Å². The average Bonchev–Trinajstić information content (AvgIpc) is 3.14. The van der Waals surface area contributed by atoms with Gasteiger partial charge < -0.3 is 10.3 Å². The summed E-state index contributed by atoms with van der Waals surface area (Å²) in [7, 11) is 0. The number of nitrogens with zero attached hydrogens (tertiary/aromatic N) is 3. The fourth-order valence-corrected chi connectivity index (χ4v) is 2.86. The van der Waals surface area contributed by atoms with E-state index in [0.717, 1.165) is 22.5 Å². The maximum absolute atomic E-state index is 6.16. The molecule has 0 fully saturated rings. The standard InChI is InChI=1S/C19H16ClN5.2ClH/c20-14-6-7-16-15(10-14)19(23-12-13-4-2-1-3-5-13)25-18(24-16)11-17-21-8-9-22-17;;/h1-10H,11-12H2,(H,21,22)(H,23,24,25);2*1H. The van der Waals surface area contributed by atoms with Crippen molar-refractivity contribution < 1.29 is 0 Å². The summed E-state index contributed by atoms with van der Waals surface area (Å²) in [6.45, 7) is 0.680. The molecule has 2 heterocycles. The molecule has 0 unspecified atom stereocenters. The van der Waals surface area contributed by atoms with Gasteiger partial charge in [0.15, 0.2) is 0 Å². The Morgan fingerprint density at radius 1 is 1.00 bits per heavy atom. The molecule has 4 aromatic rings. The number of rotatable bonds is 5. The largest absolute Gasteiger partial charge is 0.365 e. The van der Waals surface area contributed by atoms with Crippen molar-refractivity contribution in [1.82, 2.24) is 19.9 Å². The van der Waals surface area contributed by atoms with Gasteiger partial charge in [0.2, 0.25) is 0 Å². The van der Waals surface area contributed by atoms with Gasteiger partial charge >= 0.3 is 0 Å². The van der Waals surface area contributed by atoms with Gasteiger partial charge in [-0.1, -0.05) is 41.9 Å². The fourth-order valence-electron chi connectivity index (χ4n) is 2.69. The van der Waals surface area contributed by atoms with E-state index in [4.69, 9.17) is 16.6 Å². The predicted molar refractivity (Wildman–Crippen MR) is 114 cm³/mol. The van der Waals surface area contributed by atoms with E-state index >= 15 is 0 Å². The Hall–Kier alpha value is -2.34. The van der Waals surface area contributed by atoms with Gasteiger partial charge in [0.1, 0.15) is 17.5 Å². The number of benzene rings is 2. The third-order valence-electron chi connectivity index (χ3n) is 3.89. The second-order valence-corrected chi connectivity index (χ2v) is 6.14. The van der Waals surface area contributed by atoms with Crippen LogP contribution in [-0.4, -0.2) is 19.9 Å². The molecule has 2 N–H and O–H groups in total. The first kappa shape index (κ1) is 21.0. The lowest BCUT2D eigenvalue weighted by Crippen LogP contribution is -2.06. The number of halogens is 3. The highest BCUT2D eigenvalue weighted by molar-refractivity contribution is 6.31. The zero-order chi connectivity index (χ0) is 17.1. The molecule has 0 aliphatic rings. The lowest BCUT2D eigenvalue weighted by molar-refractivity contribution is 0.924. The van der Waals surface area contributed by atoms with Crippen LogP contribution in [0.25, 0.3) is 10.9 Å². The van der Waals surface area contributed by atoms with Gasteiger partial charge in [0, 0.05) is 29.3 Å². The topological polar surface area (TPSA) is 66.5 Å². The zero-order valence-electron chi connectivity index (χ0n) is 14.2. The number of anilines is 1. The number of nitrogens with one attached hydrogen (secondary N) is 2. The van der Waals surface area contributed by atoms with E-state index < -0.39 is 0 Å². The number of aromatic nitrogens is 4. The minimum atomic E-state index is 0. The Morgan fingerprint density at radius 2 is 1.81 bits per heavy atom. The van der Waals surface area contributed by atoms with Crippen molar-refractivity contribution in [2.75, 3.05) is 5.32 Å². The summed E-state index contributed by atoms with van der Waals surface area (Å²) < 4.78 is 0. The van der Waals surface area contributed by atoms with Crippen LogP contribution in [0.15, 0.2) is 60.9 Å². The molecule has 27 heavy (non-hydrogen) atoms. The molecule has 2 aromatic carbocycles. The first-order valence-corrected chi connectivity index (χ1v) is 8.38. The first-order chi connectivity index (χ1) is 12.3. The first-order valence-electron chi connectivity index (χ1n) is 8.00. The summed E-state index contributed by atoms with van der Waals surface area (Å²) in [4.78, 5) is 16.7. The zero-order valence-corrected chi connectivity index (χ0v) is 16.6. The third-order valence-corrected chi connectivity index (χ3v) is 4.12. The average molecular weight is 423 g/mol. The van der Waals surface area contributed by atoms with E-state index in [9.17, 15) is 0 Å². The maximum Gasteiger partial charge on any atom is 0.138 e. The lowest BCUT2D eigenvalue weighted by Gasteiger charge is -2.11. The molecule has 2 aromatic heterocycles. The van der Waals surface area contributed by atoms with Crippen molar-refractivity contribution in [3.05, 3.63) is 83.2 Å². The minimum absolute atomic E-state index is 0. The van der Waals surface area contributed by atoms with Gasteiger partial charge in [-0.05, 0) is 23.8 Å². The van der Waals surface area contributed by atoms with Crippen LogP contribution in [0.3, 0.4) is 0 Å². The second-order valence-electron chi connectivity index (χ2n) is 5.70. The molecular weight excluding hydrogens is 405 g/mol. The summed E-state index contributed by atoms with van der Waals surface area (Å²) in [6.07, 6.45) is 4.07. The van der Waals surface area contributed by atoms with Gasteiger partial charge in [-0.15, -0.1) is 24.8 Å². The summed E-state index contributed by atoms with van der Waals surface area (Å²) in [6, 6.07) is 15.8. The third kappa shape index (κ3) is 5.10. The van der Waals surface area contributed by atoms with E-state index in [-0.39, 0.29) is 24.8 Å². The van der Waals surface area contributed by atoms with Crippen molar-refractivity contribution >= 4 is 53.1 Å². The Kier molecular flexibility index (Phi) is 7.42. The fraction of sp³-hybridized carbons (Fsp3) is 0.105. The van der Waals surface area contributed by atoms with Gasteiger partial charge in [0.25, 0.3) is 0 Å². The molecule has 0 radical (unpaired) electrons. The molecule has 0 atom stereocenters. The smallest absolute Gasteiger partial charge is 0.138 e. The SMILES string of the molecule is Cl.Cl.Clc1ccc2nc(Cc3ncc[nH]3)nc(NCc3ccccc3)c2c1. The van der Waals surface area contributed by atoms with Crippen LogP contribution in [0, 0.1) is 0 Å². The monoisotopic (exact) mass is 421 g/mol. The van der Waals surface area contributed by atoms with E-state index in [1.165, 1.54) is 5.56 Å². The van der Waals surface area contributed by atoms with Crippen molar-refractivity contribution in [1.29, 1.82) is 0 Å². The summed E-state index contributed by atoms with van der Waals surface area (Å²) in [5, 5.41) is 4.98. The van der Waals surface area contributed by atoms with Crippen LogP contribution >= 0.6 is 36.4 Å². The molecular formula is C19H18Cl3N5. The molecule has 0 saturated heterocycles. The van der Waals surface area contributed by atoms with Crippen molar-refractivity contribution in [2.24, 2.45) is 0 Å². The van der Waals surface area contributed by atoms with Crippen LogP contribution in [-0.2, 0) is 13.0 Å². The molecule has 8 heteroatoms. The lowest BCUT2D eigenvalue weighted by atomic mass is 10.2. The van der Waals surface area contributed by atoms with Gasteiger partial charge in [-0.25, -0.2) is 15.0 Å². The van der Waals surface area contributed by atoms with Crippen molar-refractivity contribution in [2.45, 2.75) is 13.0 Å². The Labute approximate surface area is 174 Å². The van der Waals surface area contributed by atoms with Crippen molar-refractivity contribution in [3.8, 4) is 0 Å².